The summed E-state index contributed by atoms with van der Waals surface area (Å²) in [6.45, 7) is 7.12. The van der Waals surface area contributed by atoms with Crippen LogP contribution in [0.5, 0.6) is 0 Å². The lowest BCUT2D eigenvalue weighted by atomic mass is 9.89. The molecule has 0 unspecified atom stereocenters. The van der Waals surface area contributed by atoms with Crippen molar-refractivity contribution in [3.8, 4) is 0 Å². The Morgan fingerprint density at radius 3 is 2.48 bits per heavy atom. The van der Waals surface area contributed by atoms with Crippen molar-refractivity contribution in [3.63, 3.8) is 0 Å². The van der Waals surface area contributed by atoms with Gasteiger partial charge in [0, 0.05) is 30.9 Å². The molecule has 1 aromatic carbocycles. The number of allylic oxidation sites excluding steroid dienone is 2. The summed E-state index contributed by atoms with van der Waals surface area (Å²) in [5, 5.41) is 24.1. The molecular formula is C25H31N7O. The molecule has 1 fully saturated rings. The molecule has 0 bridgehead atoms. The molecule has 2 aromatic heterocycles. The quantitative estimate of drug-likeness (QED) is 0.527. The van der Waals surface area contributed by atoms with Crippen LogP contribution in [0.4, 0.5) is 5.82 Å². The number of amides is 1. The van der Waals surface area contributed by atoms with Crippen molar-refractivity contribution in [3.05, 3.63) is 65.1 Å². The molecule has 1 amide bonds. The summed E-state index contributed by atoms with van der Waals surface area (Å²) in [7, 11) is 0. The van der Waals surface area contributed by atoms with Gasteiger partial charge in [-0.2, -0.15) is 4.52 Å². The Hall–Kier alpha value is -3.55. The zero-order chi connectivity index (χ0) is 23.4. The molecule has 8 nitrogen and oxygen atoms in total. The third kappa shape index (κ3) is 5.27. The van der Waals surface area contributed by atoms with Crippen LogP contribution < -0.4 is 5.32 Å². The summed E-state index contributed by atoms with van der Waals surface area (Å²) in [6, 6.07) is 14.3. The van der Waals surface area contributed by atoms with Gasteiger partial charge in [-0.05, 0) is 69.2 Å². The summed E-state index contributed by atoms with van der Waals surface area (Å²) in [5.74, 6) is 2.05. The molecule has 33 heavy (non-hydrogen) atoms. The van der Waals surface area contributed by atoms with Crippen LogP contribution in [0.2, 0.25) is 0 Å². The van der Waals surface area contributed by atoms with Crippen molar-refractivity contribution in [2.24, 2.45) is 0 Å². The van der Waals surface area contributed by atoms with E-state index >= 15 is 0 Å². The number of benzene rings is 1. The van der Waals surface area contributed by atoms with E-state index < -0.39 is 0 Å². The molecule has 0 spiro atoms. The van der Waals surface area contributed by atoms with Crippen LogP contribution in [0.15, 0.2) is 53.7 Å². The number of carbonyl (C=O) groups is 1. The van der Waals surface area contributed by atoms with E-state index in [1.54, 1.807) is 11.4 Å². The molecule has 1 aliphatic rings. The number of nitrogens with zero attached hydrogens (tertiary/aromatic N) is 5. The highest BCUT2D eigenvalue weighted by Gasteiger charge is 2.24. The average molecular weight is 446 g/mol. The predicted molar refractivity (Wildman–Crippen MR) is 129 cm³/mol. The Morgan fingerprint density at radius 2 is 1.79 bits per heavy atom. The van der Waals surface area contributed by atoms with Gasteiger partial charge in [0.25, 0.3) is 0 Å². The van der Waals surface area contributed by atoms with E-state index in [4.69, 9.17) is 5.41 Å². The molecule has 3 aromatic rings. The summed E-state index contributed by atoms with van der Waals surface area (Å²) in [6.07, 6.45) is 2.93. The first-order valence-corrected chi connectivity index (χ1v) is 11.5. The summed E-state index contributed by atoms with van der Waals surface area (Å²) >= 11 is 0. The van der Waals surface area contributed by atoms with Crippen molar-refractivity contribution >= 4 is 23.1 Å². The molecule has 0 atom stereocenters. The Morgan fingerprint density at radius 1 is 1.06 bits per heavy atom. The minimum atomic E-state index is 0.160. The fourth-order valence-electron chi connectivity index (χ4n) is 4.46. The number of nitrogens with one attached hydrogen (secondary N) is 2. The third-order valence-corrected chi connectivity index (χ3v) is 6.35. The molecule has 2 N–H and O–H groups in total. The molecule has 0 saturated carbocycles. The maximum Gasteiger partial charge on any atom is 0.222 e. The second-order valence-corrected chi connectivity index (χ2v) is 8.66. The zero-order valence-corrected chi connectivity index (χ0v) is 19.5. The van der Waals surface area contributed by atoms with Gasteiger partial charge in [0.15, 0.2) is 17.3 Å². The molecule has 0 aliphatic carbocycles. The fourth-order valence-corrected chi connectivity index (χ4v) is 4.46. The average Bonchev–Trinajstić information content (AvgIpc) is 3.19. The van der Waals surface area contributed by atoms with Gasteiger partial charge in [-0.25, -0.2) is 0 Å². The number of fused-ring (bicyclic) bond motifs is 1. The maximum atomic E-state index is 12.9. The minimum Gasteiger partial charge on any atom is -0.343 e. The lowest BCUT2D eigenvalue weighted by Gasteiger charge is -2.32. The molecule has 172 valence electrons. The highest BCUT2D eigenvalue weighted by Crippen LogP contribution is 2.28. The Balaban J connectivity index is 1.36. The smallest absolute Gasteiger partial charge is 0.222 e. The molecular weight excluding hydrogens is 414 g/mol. The van der Waals surface area contributed by atoms with Crippen molar-refractivity contribution < 1.29 is 4.79 Å². The van der Waals surface area contributed by atoms with Crippen molar-refractivity contribution in [2.45, 2.75) is 52.4 Å². The van der Waals surface area contributed by atoms with E-state index in [-0.39, 0.29) is 5.91 Å². The number of piperidine rings is 1. The predicted octanol–water partition coefficient (Wildman–Crippen LogP) is 4.34. The van der Waals surface area contributed by atoms with Crippen LogP contribution in [-0.2, 0) is 4.79 Å². The first-order valence-electron chi connectivity index (χ1n) is 11.5. The zero-order valence-electron chi connectivity index (χ0n) is 19.5. The van der Waals surface area contributed by atoms with E-state index in [1.165, 1.54) is 5.56 Å². The van der Waals surface area contributed by atoms with Crippen LogP contribution >= 0.6 is 0 Å². The van der Waals surface area contributed by atoms with E-state index in [9.17, 15) is 4.79 Å². The SMILES string of the molecule is CC(=N)/C(CCC(=O)N1CCC(c2ccccc2)CC1)=C(/C)Nc1ccc2nnc(C)n2n1. The first-order chi connectivity index (χ1) is 15.9. The van der Waals surface area contributed by atoms with Crippen LogP contribution in [0.3, 0.4) is 0 Å². The van der Waals surface area contributed by atoms with Gasteiger partial charge < -0.3 is 15.6 Å². The summed E-state index contributed by atoms with van der Waals surface area (Å²) in [4.78, 5) is 14.9. The number of aromatic nitrogens is 4. The lowest BCUT2D eigenvalue weighted by Crippen LogP contribution is -2.37. The number of hydrogen-bond acceptors (Lipinski definition) is 6. The van der Waals surface area contributed by atoms with Crippen molar-refractivity contribution in [1.82, 2.24) is 24.7 Å². The molecule has 3 heterocycles. The number of hydrogen-bond donors (Lipinski definition) is 2. The monoisotopic (exact) mass is 445 g/mol. The van der Waals surface area contributed by atoms with Crippen molar-refractivity contribution in [2.75, 3.05) is 18.4 Å². The van der Waals surface area contributed by atoms with Crippen LogP contribution in [0.1, 0.15) is 56.8 Å². The minimum absolute atomic E-state index is 0.160. The van der Waals surface area contributed by atoms with Gasteiger partial charge in [0.2, 0.25) is 5.91 Å². The van der Waals surface area contributed by atoms with Gasteiger partial charge in [-0.15, -0.1) is 15.3 Å². The van der Waals surface area contributed by atoms with E-state index in [1.807, 2.05) is 36.9 Å². The molecule has 8 heteroatoms. The van der Waals surface area contributed by atoms with Gasteiger partial charge in [-0.1, -0.05) is 30.3 Å². The highest BCUT2D eigenvalue weighted by atomic mass is 16.2. The van der Waals surface area contributed by atoms with E-state index in [0.717, 1.165) is 37.2 Å². The Bertz CT molecular complexity index is 1170. The van der Waals surface area contributed by atoms with E-state index in [0.29, 0.717) is 41.8 Å². The molecule has 0 radical (unpaired) electrons. The van der Waals surface area contributed by atoms with Crippen LogP contribution in [-0.4, -0.2) is 49.4 Å². The van der Waals surface area contributed by atoms with Gasteiger partial charge in [0.05, 0.1) is 0 Å². The van der Waals surface area contributed by atoms with Crippen molar-refractivity contribution in [1.29, 1.82) is 5.41 Å². The largest absolute Gasteiger partial charge is 0.343 e. The number of aryl methyl sites for hydroxylation is 1. The Kier molecular flexibility index (Phi) is 6.82. The fraction of sp³-hybridized carbons (Fsp3) is 0.400. The summed E-state index contributed by atoms with van der Waals surface area (Å²) in [5.41, 5.74) is 4.17. The molecule has 4 rings (SSSR count). The van der Waals surface area contributed by atoms with Gasteiger partial charge in [-0.3, -0.25) is 4.79 Å². The second kappa shape index (κ2) is 9.94. The number of carbonyl (C=O) groups excluding carboxylic acids is 1. The molecule has 1 aliphatic heterocycles. The number of likely N-dealkylation sites (tertiary alicyclic amines) is 1. The standard InChI is InChI=1S/C25H31N7O/c1-17(26)22(18(2)27-23-10-11-24-29-28-19(3)32(24)30-23)9-12-25(33)31-15-13-21(14-16-31)20-7-5-4-6-8-20/h4-8,10-11,21,26H,9,12-16H2,1-3H3,(H,27,30)/b22-18-,26-17?. The second-order valence-electron chi connectivity index (χ2n) is 8.66. The highest BCUT2D eigenvalue weighted by molar-refractivity contribution is 5.97. The number of rotatable bonds is 7. The molecule has 1 saturated heterocycles. The van der Waals surface area contributed by atoms with E-state index in [2.05, 4.69) is 44.9 Å². The van der Waals surface area contributed by atoms with Crippen LogP contribution in [0.25, 0.3) is 5.65 Å². The maximum absolute atomic E-state index is 12.9. The number of anilines is 1. The van der Waals surface area contributed by atoms with Gasteiger partial charge >= 0.3 is 0 Å². The third-order valence-electron chi connectivity index (χ3n) is 6.35. The summed E-state index contributed by atoms with van der Waals surface area (Å²) < 4.78 is 1.68. The van der Waals surface area contributed by atoms with Gasteiger partial charge in [0.1, 0.15) is 0 Å². The van der Waals surface area contributed by atoms with Crippen LogP contribution in [0, 0.1) is 12.3 Å². The normalized spacial score (nSPS) is 15.4. The first kappa shape index (κ1) is 22.6. The lowest BCUT2D eigenvalue weighted by molar-refractivity contribution is -0.132. The topological polar surface area (TPSA) is 99.3 Å². The Labute approximate surface area is 194 Å².